The predicted octanol–water partition coefficient (Wildman–Crippen LogP) is 4.07. The van der Waals surface area contributed by atoms with Crippen LogP contribution in [0.25, 0.3) is 0 Å². The summed E-state index contributed by atoms with van der Waals surface area (Å²) in [4.78, 5) is 18.1. The molecule has 0 unspecified atom stereocenters. The molecule has 2 aromatic rings. The maximum atomic E-state index is 13.4. The molecule has 0 bridgehead atoms. The highest BCUT2D eigenvalue weighted by Crippen LogP contribution is 2.50. The number of methoxy groups -OCH3 is 3. The molecular weight excluding hydrogens is 416 g/mol. The number of carbonyl (C=O) groups is 1. The molecule has 8 nitrogen and oxygen atoms in total. The predicted molar refractivity (Wildman–Crippen MR) is 119 cm³/mol. The zero-order valence-electron chi connectivity index (χ0n) is 18.7. The van der Waals surface area contributed by atoms with Crippen LogP contribution >= 0.6 is 11.8 Å². The number of hydrogen-bond acceptors (Lipinski definition) is 8. The summed E-state index contributed by atoms with van der Waals surface area (Å²) >= 11 is 1.56. The second-order valence-electron chi connectivity index (χ2n) is 8.38. The lowest BCUT2D eigenvalue weighted by molar-refractivity contribution is -0.118. The lowest BCUT2D eigenvalue weighted by atomic mass is 9.73. The Labute approximate surface area is 186 Å². The highest BCUT2D eigenvalue weighted by molar-refractivity contribution is 7.99. The van der Waals surface area contributed by atoms with E-state index < -0.39 is 6.04 Å². The van der Waals surface area contributed by atoms with Crippen molar-refractivity contribution in [3.63, 3.8) is 0 Å². The van der Waals surface area contributed by atoms with Gasteiger partial charge in [-0.05, 0) is 29.7 Å². The van der Waals surface area contributed by atoms with Gasteiger partial charge in [0.1, 0.15) is 6.04 Å². The fourth-order valence-corrected chi connectivity index (χ4v) is 4.96. The minimum absolute atomic E-state index is 0.103. The number of carbonyl (C=O) groups excluding carboxylic acids is 1. The van der Waals surface area contributed by atoms with Crippen molar-refractivity contribution in [2.24, 2.45) is 5.41 Å². The first-order valence-electron chi connectivity index (χ1n) is 10.2. The van der Waals surface area contributed by atoms with E-state index in [1.165, 1.54) is 0 Å². The zero-order valence-corrected chi connectivity index (χ0v) is 19.6. The minimum Gasteiger partial charge on any atom is -0.493 e. The van der Waals surface area contributed by atoms with Gasteiger partial charge in [-0.1, -0.05) is 32.5 Å². The first-order valence-corrected chi connectivity index (χ1v) is 11.2. The molecule has 166 valence electrons. The van der Waals surface area contributed by atoms with Crippen molar-refractivity contribution in [2.45, 2.75) is 44.8 Å². The number of aromatic nitrogens is 3. The van der Waals surface area contributed by atoms with E-state index in [4.69, 9.17) is 19.3 Å². The number of rotatable bonds is 6. The monoisotopic (exact) mass is 444 g/mol. The Kier molecular flexibility index (Phi) is 5.63. The van der Waals surface area contributed by atoms with Crippen LogP contribution in [-0.2, 0) is 4.79 Å². The van der Waals surface area contributed by atoms with Crippen molar-refractivity contribution in [3.05, 3.63) is 29.0 Å². The molecule has 0 saturated heterocycles. The van der Waals surface area contributed by atoms with Crippen molar-refractivity contribution in [1.82, 2.24) is 14.8 Å². The van der Waals surface area contributed by atoms with Crippen LogP contribution in [0.15, 0.2) is 28.6 Å². The molecule has 1 atom stereocenters. The lowest BCUT2D eigenvalue weighted by Gasteiger charge is -2.38. The van der Waals surface area contributed by atoms with E-state index in [-0.39, 0.29) is 11.2 Å². The van der Waals surface area contributed by atoms with Crippen molar-refractivity contribution in [1.29, 1.82) is 0 Å². The molecule has 9 heteroatoms. The summed E-state index contributed by atoms with van der Waals surface area (Å²) in [5, 5.41) is 8.78. The third-order valence-electron chi connectivity index (χ3n) is 5.62. The van der Waals surface area contributed by atoms with E-state index >= 15 is 0 Å². The first kappa shape index (κ1) is 21.5. The average Bonchev–Trinajstić information content (AvgIpc) is 3.12. The first-order chi connectivity index (χ1) is 14.8. The maximum Gasteiger partial charge on any atom is 0.227 e. The number of fused-ring (bicyclic) bond motifs is 1. The van der Waals surface area contributed by atoms with E-state index in [2.05, 4.69) is 31.1 Å². The highest BCUT2D eigenvalue weighted by atomic mass is 32.2. The van der Waals surface area contributed by atoms with Crippen LogP contribution in [0.4, 0.5) is 5.95 Å². The van der Waals surface area contributed by atoms with E-state index in [0.717, 1.165) is 23.4 Å². The molecule has 31 heavy (non-hydrogen) atoms. The molecule has 1 N–H and O–H groups in total. The maximum absolute atomic E-state index is 13.4. The number of nitrogens with one attached hydrogen (secondary N) is 1. The topological polar surface area (TPSA) is 87.5 Å². The van der Waals surface area contributed by atoms with Crippen LogP contribution in [0.5, 0.6) is 17.2 Å². The Balaban J connectivity index is 1.96. The molecule has 2 aliphatic rings. The number of ether oxygens (including phenoxy) is 3. The van der Waals surface area contributed by atoms with Crippen molar-refractivity contribution < 1.29 is 19.0 Å². The molecule has 0 saturated carbocycles. The summed E-state index contributed by atoms with van der Waals surface area (Å²) in [5.41, 5.74) is 2.26. The van der Waals surface area contributed by atoms with Crippen LogP contribution in [0.1, 0.15) is 45.2 Å². The van der Waals surface area contributed by atoms with Crippen molar-refractivity contribution >= 4 is 23.5 Å². The SMILES string of the molecule is CCSc1nc2n(n1)[C@@H](c1ccc(OC)c(OC)c1OC)C1=C(CC(C)(C)CC1=O)N2. The third-order valence-corrected chi connectivity index (χ3v) is 6.33. The van der Waals surface area contributed by atoms with Gasteiger partial charge in [0.25, 0.3) is 0 Å². The summed E-state index contributed by atoms with van der Waals surface area (Å²) in [6.07, 6.45) is 1.23. The van der Waals surface area contributed by atoms with E-state index in [0.29, 0.717) is 40.3 Å². The molecule has 1 aromatic carbocycles. The fraction of sp³-hybridized carbons (Fsp3) is 0.500. The normalized spacial score (nSPS) is 19.4. The Morgan fingerprint density at radius 3 is 2.55 bits per heavy atom. The second-order valence-corrected chi connectivity index (χ2v) is 9.61. The van der Waals surface area contributed by atoms with Gasteiger partial charge in [0.05, 0.1) is 21.3 Å². The molecule has 0 amide bonds. The third kappa shape index (κ3) is 3.64. The second kappa shape index (κ2) is 8.11. The lowest BCUT2D eigenvalue weighted by Crippen LogP contribution is -2.36. The van der Waals surface area contributed by atoms with Crippen LogP contribution in [0, 0.1) is 5.41 Å². The summed E-state index contributed by atoms with van der Waals surface area (Å²) in [7, 11) is 4.74. The van der Waals surface area contributed by atoms with Crippen molar-refractivity contribution in [3.8, 4) is 17.2 Å². The van der Waals surface area contributed by atoms with Gasteiger partial charge in [-0.3, -0.25) is 4.79 Å². The smallest absolute Gasteiger partial charge is 0.227 e. The van der Waals surface area contributed by atoms with Crippen molar-refractivity contribution in [2.75, 3.05) is 32.4 Å². The number of Topliss-reactive ketones (excluding diaryl/α,β-unsaturated/α-hetero) is 1. The standard InChI is InChI=1S/C22H28N4O4S/c1-7-31-21-24-20-23-13-10-22(2,3)11-14(27)16(13)17(26(20)25-21)12-8-9-15(28-4)19(30-6)18(12)29-5/h8-9,17H,7,10-11H2,1-6H3,(H,23,24,25)/t17-/m0/s1. The minimum atomic E-state index is -0.469. The quantitative estimate of drug-likeness (QED) is 0.667. The molecule has 2 heterocycles. The summed E-state index contributed by atoms with van der Waals surface area (Å²) < 4.78 is 18.6. The van der Waals surface area contributed by atoms with Gasteiger partial charge in [-0.2, -0.15) is 4.98 Å². The highest BCUT2D eigenvalue weighted by Gasteiger charge is 2.43. The van der Waals surface area contributed by atoms with Crippen LogP contribution < -0.4 is 19.5 Å². The largest absolute Gasteiger partial charge is 0.493 e. The molecular formula is C22H28N4O4S. The number of allylic oxidation sites excluding steroid dienone is 2. The molecule has 0 radical (unpaired) electrons. The van der Waals surface area contributed by atoms with Crippen LogP contribution in [0.3, 0.4) is 0 Å². The van der Waals surface area contributed by atoms with Gasteiger partial charge in [-0.15, -0.1) is 5.10 Å². The van der Waals surface area contributed by atoms with Crippen LogP contribution in [0.2, 0.25) is 0 Å². The Morgan fingerprint density at radius 2 is 1.90 bits per heavy atom. The van der Waals surface area contributed by atoms with E-state index in [1.807, 2.05) is 12.1 Å². The number of anilines is 1. The molecule has 1 aromatic heterocycles. The molecule has 0 spiro atoms. The molecule has 0 fully saturated rings. The molecule has 1 aliphatic carbocycles. The van der Waals surface area contributed by atoms with Crippen LogP contribution in [-0.4, -0.2) is 47.6 Å². The summed E-state index contributed by atoms with van der Waals surface area (Å²) in [6.45, 7) is 6.28. The van der Waals surface area contributed by atoms with E-state index in [9.17, 15) is 4.79 Å². The van der Waals surface area contributed by atoms with Gasteiger partial charge in [0, 0.05) is 23.3 Å². The number of benzene rings is 1. The van der Waals surface area contributed by atoms with Gasteiger partial charge < -0.3 is 19.5 Å². The fourth-order valence-electron chi connectivity index (χ4n) is 4.41. The van der Waals surface area contributed by atoms with Gasteiger partial charge in [0.15, 0.2) is 17.3 Å². The Bertz CT molecular complexity index is 1060. The van der Waals surface area contributed by atoms with Gasteiger partial charge in [0.2, 0.25) is 16.9 Å². The zero-order chi connectivity index (χ0) is 22.3. The van der Waals surface area contributed by atoms with Gasteiger partial charge in [-0.25, -0.2) is 4.68 Å². The number of nitrogens with zero attached hydrogens (tertiary/aromatic N) is 3. The average molecular weight is 445 g/mol. The number of thioether (sulfide) groups is 1. The Morgan fingerprint density at radius 1 is 1.16 bits per heavy atom. The van der Waals surface area contributed by atoms with Gasteiger partial charge >= 0.3 is 0 Å². The number of ketones is 1. The summed E-state index contributed by atoms with van der Waals surface area (Å²) in [6, 6.07) is 3.27. The van der Waals surface area contributed by atoms with E-state index in [1.54, 1.807) is 37.8 Å². The molecule has 1 aliphatic heterocycles. The molecule has 4 rings (SSSR count). The number of hydrogen-bond donors (Lipinski definition) is 1. The Hall–Kier alpha value is -2.68. The summed E-state index contributed by atoms with van der Waals surface area (Å²) in [5.74, 6) is 3.14.